The second-order valence-electron chi connectivity index (χ2n) is 8.60. The molecule has 0 aliphatic heterocycles. The van der Waals surface area contributed by atoms with Crippen LogP contribution in [-0.4, -0.2) is 22.7 Å². The number of hydrogen-bond acceptors (Lipinski definition) is 5. The number of carbonyl (C=O) groups excluding carboxylic acids is 3. The highest BCUT2D eigenvalue weighted by molar-refractivity contribution is 6.13. The number of fused-ring (bicyclic) bond motifs is 1. The van der Waals surface area contributed by atoms with Crippen LogP contribution in [0.1, 0.15) is 31.1 Å². The third-order valence-electron chi connectivity index (χ3n) is 5.84. The van der Waals surface area contributed by atoms with E-state index in [0.717, 1.165) is 0 Å². The molecule has 3 amide bonds. The monoisotopic (exact) mass is 518 g/mol. The number of carbonyl (C=O) groups is 3. The molecule has 9 nitrogen and oxygen atoms in total. The van der Waals surface area contributed by atoms with Crippen LogP contribution in [0.4, 0.5) is 11.4 Å². The molecular formula is C30H22N4O5. The summed E-state index contributed by atoms with van der Waals surface area (Å²) in [5.41, 5.74) is 7.30. The number of aromatic amines is 1. The molecule has 0 atom stereocenters. The Morgan fingerprint density at radius 2 is 1.38 bits per heavy atom. The zero-order chi connectivity index (χ0) is 27.4. The molecule has 0 saturated heterocycles. The highest BCUT2D eigenvalue weighted by Gasteiger charge is 2.14. The van der Waals surface area contributed by atoms with Crippen LogP contribution in [0.25, 0.3) is 10.9 Å². The Bertz CT molecular complexity index is 1780. The first-order valence-electron chi connectivity index (χ1n) is 11.9. The van der Waals surface area contributed by atoms with Crippen molar-refractivity contribution in [1.82, 2.24) is 4.98 Å². The minimum Gasteiger partial charge on any atom is -0.457 e. The highest BCUT2D eigenvalue weighted by Crippen LogP contribution is 2.24. The first-order valence-corrected chi connectivity index (χ1v) is 11.9. The summed E-state index contributed by atoms with van der Waals surface area (Å²) in [7, 11) is 0. The maximum atomic E-state index is 13.0. The van der Waals surface area contributed by atoms with Gasteiger partial charge in [0.25, 0.3) is 11.8 Å². The van der Waals surface area contributed by atoms with Crippen LogP contribution >= 0.6 is 0 Å². The largest absolute Gasteiger partial charge is 0.457 e. The van der Waals surface area contributed by atoms with Crippen LogP contribution in [0.5, 0.6) is 11.5 Å². The van der Waals surface area contributed by atoms with E-state index in [4.69, 9.17) is 10.5 Å². The number of rotatable bonds is 7. The molecule has 0 aliphatic rings. The Morgan fingerprint density at radius 3 is 2.18 bits per heavy atom. The molecule has 9 heteroatoms. The Morgan fingerprint density at radius 1 is 0.667 bits per heavy atom. The molecule has 4 aromatic carbocycles. The van der Waals surface area contributed by atoms with Crippen molar-refractivity contribution in [3.05, 3.63) is 130 Å². The Labute approximate surface area is 222 Å². The van der Waals surface area contributed by atoms with Crippen molar-refractivity contribution < 1.29 is 19.1 Å². The van der Waals surface area contributed by atoms with Crippen molar-refractivity contribution in [2.45, 2.75) is 0 Å². The number of amides is 3. The summed E-state index contributed by atoms with van der Waals surface area (Å²) < 4.78 is 5.75. The van der Waals surface area contributed by atoms with Crippen LogP contribution < -0.4 is 26.7 Å². The molecular weight excluding hydrogens is 496 g/mol. The van der Waals surface area contributed by atoms with Crippen LogP contribution in [0, 0.1) is 0 Å². The van der Waals surface area contributed by atoms with Gasteiger partial charge in [0.1, 0.15) is 11.5 Å². The molecule has 0 spiro atoms. The third-order valence-corrected chi connectivity index (χ3v) is 5.84. The number of benzene rings is 4. The van der Waals surface area contributed by atoms with E-state index in [1.54, 1.807) is 97.1 Å². The van der Waals surface area contributed by atoms with Crippen LogP contribution in [0.15, 0.2) is 108 Å². The molecule has 5 rings (SSSR count). The van der Waals surface area contributed by atoms with E-state index in [1.807, 2.05) is 0 Å². The predicted octanol–water partition coefficient (Wildman–Crippen LogP) is 4.92. The molecule has 5 N–H and O–H groups in total. The Balaban J connectivity index is 1.26. The molecule has 5 aromatic rings. The van der Waals surface area contributed by atoms with Crippen molar-refractivity contribution in [3.63, 3.8) is 0 Å². The molecule has 192 valence electrons. The van der Waals surface area contributed by atoms with Gasteiger partial charge in [-0.25, -0.2) is 0 Å². The molecule has 0 bridgehead atoms. The quantitative estimate of drug-likeness (QED) is 0.242. The lowest BCUT2D eigenvalue weighted by Crippen LogP contribution is -2.17. The topological polar surface area (TPSA) is 143 Å². The van der Waals surface area contributed by atoms with Crippen molar-refractivity contribution in [2.75, 3.05) is 10.6 Å². The minimum atomic E-state index is -0.550. The number of aromatic nitrogens is 1. The zero-order valence-corrected chi connectivity index (χ0v) is 20.4. The smallest absolute Gasteiger partial charge is 0.256 e. The maximum Gasteiger partial charge on any atom is 0.256 e. The number of hydrogen-bond donors (Lipinski definition) is 4. The van der Waals surface area contributed by atoms with Crippen molar-refractivity contribution in [3.8, 4) is 11.5 Å². The average molecular weight is 519 g/mol. The average Bonchev–Trinajstić information content (AvgIpc) is 2.94. The lowest BCUT2D eigenvalue weighted by atomic mass is 10.1. The molecule has 0 saturated carbocycles. The fourth-order valence-corrected chi connectivity index (χ4v) is 3.99. The van der Waals surface area contributed by atoms with Crippen molar-refractivity contribution in [2.24, 2.45) is 5.73 Å². The van der Waals surface area contributed by atoms with Gasteiger partial charge < -0.3 is 26.1 Å². The Kier molecular flexibility index (Phi) is 6.87. The second kappa shape index (κ2) is 10.7. The van der Waals surface area contributed by atoms with E-state index < -0.39 is 11.8 Å². The summed E-state index contributed by atoms with van der Waals surface area (Å²) in [6.07, 6.45) is 0. The van der Waals surface area contributed by atoms with E-state index in [1.165, 1.54) is 6.07 Å². The van der Waals surface area contributed by atoms with E-state index >= 15 is 0 Å². The van der Waals surface area contributed by atoms with Gasteiger partial charge in [0.05, 0.1) is 5.56 Å². The fraction of sp³-hybridized carbons (Fsp3) is 0. The van der Waals surface area contributed by atoms with Gasteiger partial charge in [-0.2, -0.15) is 0 Å². The number of nitrogens with one attached hydrogen (secondary N) is 3. The zero-order valence-electron chi connectivity index (χ0n) is 20.4. The van der Waals surface area contributed by atoms with Gasteiger partial charge in [-0.3, -0.25) is 19.2 Å². The fourth-order valence-electron chi connectivity index (χ4n) is 3.99. The SMILES string of the molecule is NC(=O)c1cccc(Oc2ccc(NC(=O)c3cccc(NC(=O)c4cc(=O)[nH]c5ccccc45)c3)cc2)c1. The van der Waals surface area contributed by atoms with Crippen molar-refractivity contribution >= 4 is 40.0 Å². The number of ether oxygens (including phenoxy) is 1. The number of nitrogens with two attached hydrogens (primary N) is 1. The van der Waals surface area contributed by atoms with Crippen LogP contribution in [0.2, 0.25) is 0 Å². The van der Waals surface area contributed by atoms with Crippen molar-refractivity contribution in [1.29, 1.82) is 0 Å². The molecule has 0 fully saturated rings. The second-order valence-corrected chi connectivity index (χ2v) is 8.60. The van der Waals surface area contributed by atoms with Gasteiger partial charge >= 0.3 is 0 Å². The molecule has 0 radical (unpaired) electrons. The summed E-state index contributed by atoms with van der Waals surface area (Å²) in [6, 6.07) is 28.0. The number of para-hydroxylation sites is 1. The van der Waals surface area contributed by atoms with E-state index in [9.17, 15) is 19.2 Å². The maximum absolute atomic E-state index is 13.0. The highest BCUT2D eigenvalue weighted by atomic mass is 16.5. The summed E-state index contributed by atoms with van der Waals surface area (Å²) in [5.74, 6) is -0.435. The van der Waals surface area contributed by atoms with Gasteiger partial charge in [0.2, 0.25) is 11.5 Å². The molecule has 0 unspecified atom stereocenters. The lowest BCUT2D eigenvalue weighted by molar-refractivity contribution is 0.0996. The van der Waals surface area contributed by atoms with Gasteiger partial charge in [0.15, 0.2) is 0 Å². The molecule has 0 aliphatic carbocycles. The number of pyridine rings is 1. The van der Waals surface area contributed by atoms with Gasteiger partial charge in [0, 0.05) is 39.5 Å². The number of H-pyrrole nitrogens is 1. The molecule has 1 aromatic heterocycles. The van der Waals surface area contributed by atoms with E-state index in [2.05, 4.69) is 15.6 Å². The summed E-state index contributed by atoms with van der Waals surface area (Å²) in [6.45, 7) is 0. The van der Waals surface area contributed by atoms with Crippen LogP contribution in [-0.2, 0) is 0 Å². The molecule has 39 heavy (non-hydrogen) atoms. The normalized spacial score (nSPS) is 10.6. The predicted molar refractivity (Wildman–Crippen MR) is 148 cm³/mol. The molecule has 1 heterocycles. The van der Waals surface area contributed by atoms with E-state index in [0.29, 0.717) is 44.9 Å². The summed E-state index contributed by atoms with van der Waals surface area (Å²) >= 11 is 0. The van der Waals surface area contributed by atoms with Gasteiger partial charge in [-0.05, 0) is 66.7 Å². The van der Waals surface area contributed by atoms with Gasteiger partial charge in [-0.15, -0.1) is 0 Å². The lowest BCUT2D eigenvalue weighted by Gasteiger charge is -2.11. The van der Waals surface area contributed by atoms with Gasteiger partial charge in [-0.1, -0.05) is 30.3 Å². The first-order chi connectivity index (χ1) is 18.9. The summed E-state index contributed by atoms with van der Waals surface area (Å²) in [5, 5.41) is 6.17. The number of primary amides is 1. The standard InChI is InChI=1S/C30H22N4O5/c31-28(36)18-5-4-8-23(16-18)39-22-13-11-20(12-14-22)32-29(37)19-6-3-7-21(15-19)33-30(38)25-17-27(35)34-26-10-2-1-9-24(25)26/h1-17H,(H2,31,36)(H,32,37)(H,33,38)(H,34,35). The minimum absolute atomic E-state index is 0.230. The van der Waals surface area contributed by atoms with E-state index in [-0.39, 0.29) is 17.0 Å². The van der Waals surface area contributed by atoms with Crippen LogP contribution in [0.3, 0.4) is 0 Å². The third kappa shape index (κ3) is 5.83. The summed E-state index contributed by atoms with van der Waals surface area (Å²) in [4.78, 5) is 51.9. The Hall–Kier alpha value is -5.70. The number of anilines is 2. The first kappa shape index (κ1) is 25.0.